The van der Waals surface area contributed by atoms with Gasteiger partial charge in [-0.2, -0.15) is 13.2 Å². The zero-order valence-corrected chi connectivity index (χ0v) is 16.4. The van der Waals surface area contributed by atoms with Crippen molar-refractivity contribution < 1.29 is 22.8 Å². The highest BCUT2D eigenvalue weighted by molar-refractivity contribution is 8.01. The number of alkyl halides is 3. The van der Waals surface area contributed by atoms with Gasteiger partial charge in [0.15, 0.2) is 5.13 Å². The number of amides is 2. The average Bonchev–Trinajstić information content (AvgIpc) is 3.31. The lowest BCUT2D eigenvalue weighted by Crippen LogP contribution is -2.48. The van der Waals surface area contributed by atoms with Crippen molar-refractivity contribution in [1.29, 1.82) is 0 Å². The minimum absolute atomic E-state index is 0.0311. The number of hydrogen-bond donors (Lipinski definition) is 1. The van der Waals surface area contributed by atoms with Crippen LogP contribution in [0, 0.1) is 0 Å². The summed E-state index contributed by atoms with van der Waals surface area (Å²) in [4.78, 5) is 30.4. The van der Waals surface area contributed by atoms with Gasteiger partial charge in [-0.25, -0.2) is 4.98 Å². The van der Waals surface area contributed by atoms with Crippen molar-refractivity contribution in [3.63, 3.8) is 0 Å². The summed E-state index contributed by atoms with van der Waals surface area (Å²) >= 11 is 2.73. The lowest BCUT2D eigenvalue weighted by Gasteiger charge is -2.29. The maximum Gasteiger partial charge on any atom is 0.416 e. The first-order valence-corrected chi connectivity index (χ1v) is 10.4. The van der Waals surface area contributed by atoms with Crippen molar-refractivity contribution in [3.8, 4) is 11.3 Å². The van der Waals surface area contributed by atoms with Gasteiger partial charge in [0, 0.05) is 23.1 Å². The molecule has 4 rings (SSSR count). The van der Waals surface area contributed by atoms with Crippen molar-refractivity contribution in [2.75, 3.05) is 11.1 Å². The van der Waals surface area contributed by atoms with Crippen LogP contribution in [0.2, 0.25) is 0 Å². The van der Waals surface area contributed by atoms with E-state index in [1.54, 1.807) is 22.0 Å². The Morgan fingerprint density at radius 3 is 2.93 bits per heavy atom. The first-order chi connectivity index (χ1) is 13.2. The summed E-state index contributed by atoms with van der Waals surface area (Å²) in [5.41, 5.74) is -0.0713. The number of benzene rings is 1. The average molecular weight is 427 g/mol. The number of nitrogens with zero attached hydrogens (tertiary/aromatic N) is 2. The second-order valence-electron chi connectivity index (χ2n) is 6.87. The van der Waals surface area contributed by atoms with Gasteiger partial charge in [0.2, 0.25) is 11.8 Å². The predicted molar refractivity (Wildman–Crippen MR) is 102 cm³/mol. The Morgan fingerprint density at radius 2 is 2.18 bits per heavy atom. The van der Waals surface area contributed by atoms with Gasteiger partial charge in [0.25, 0.3) is 0 Å². The Hall–Kier alpha value is -2.07. The number of hydrogen-bond acceptors (Lipinski definition) is 5. The monoisotopic (exact) mass is 427 g/mol. The second kappa shape index (κ2) is 6.77. The summed E-state index contributed by atoms with van der Waals surface area (Å²) < 4.78 is 38.7. The molecule has 2 fully saturated rings. The van der Waals surface area contributed by atoms with Crippen LogP contribution in [0.25, 0.3) is 11.3 Å². The van der Waals surface area contributed by atoms with Gasteiger partial charge >= 0.3 is 6.18 Å². The number of fused-ring (bicyclic) bond motifs is 1. The molecular weight excluding hydrogens is 411 g/mol. The highest BCUT2D eigenvalue weighted by Crippen LogP contribution is 2.47. The number of aromatic nitrogens is 1. The SMILES string of the molecule is C[C@@]12CCC(=O)N1[C@H](C(=O)Nc1nc(-c3cccc(C(F)(F)F)c3)cs1)CS2. The molecule has 1 aromatic heterocycles. The van der Waals surface area contributed by atoms with Gasteiger partial charge in [-0.1, -0.05) is 12.1 Å². The molecule has 0 saturated carbocycles. The molecule has 148 valence electrons. The number of carbonyl (C=O) groups is 2. The van der Waals surface area contributed by atoms with Gasteiger partial charge in [-0.15, -0.1) is 23.1 Å². The second-order valence-corrected chi connectivity index (χ2v) is 9.23. The summed E-state index contributed by atoms with van der Waals surface area (Å²) in [6.45, 7) is 1.96. The molecule has 1 aromatic carbocycles. The number of halogens is 3. The first kappa shape index (κ1) is 19.3. The lowest BCUT2D eigenvalue weighted by molar-refractivity contribution is -0.137. The molecule has 10 heteroatoms. The fraction of sp³-hybridized carbons (Fsp3) is 0.389. The number of nitrogens with one attached hydrogen (secondary N) is 1. The zero-order valence-electron chi connectivity index (χ0n) is 14.7. The molecular formula is C18H16F3N3O2S2. The van der Waals surface area contributed by atoms with E-state index in [2.05, 4.69) is 10.3 Å². The molecule has 0 aliphatic carbocycles. The molecule has 0 bridgehead atoms. The third-order valence-corrected chi connectivity index (χ3v) is 7.23. The van der Waals surface area contributed by atoms with Crippen LogP contribution in [0.3, 0.4) is 0 Å². The van der Waals surface area contributed by atoms with Crippen LogP contribution in [-0.2, 0) is 15.8 Å². The molecule has 3 heterocycles. The molecule has 2 atom stereocenters. The quantitative estimate of drug-likeness (QED) is 0.797. The van der Waals surface area contributed by atoms with E-state index in [4.69, 9.17) is 0 Å². The standard InChI is InChI=1S/C18H16F3N3O2S2/c1-17-6-5-14(25)24(17)13(9-28-17)15(26)23-16-22-12(8-27-16)10-3-2-4-11(7-10)18(19,20)21/h2-4,7-8,13H,5-6,9H2,1H3,(H,22,23,26)/t13-,17+/m0/s1. The molecule has 2 aromatic rings. The molecule has 0 spiro atoms. The van der Waals surface area contributed by atoms with Gasteiger partial charge < -0.3 is 10.2 Å². The predicted octanol–water partition coefficient (Wildman–Crippen LogP) is 4.22. The zero-order chi connectivity index (χ0) is 20.1. The van der Waals surface area contributed by atoms with E-state index >= 15 is 0 Å². The summed E-state index contributed by atoms with van der Waals surface area (Å²) in [5, 5.41) is 4.60. The summed E-state index contributed by atoms with van der Waals surface area (Å²) in [6, 6.07) is 4.33. The Balaban J connectivity index is 1.50. The van der Waals surface area contributed by atoms with Gasteiger partial charge in [0.05, 0.1) is 16.1 Å². The molecule has 1 N–H and O–H groups in total. The van der Waals surface area contributed by atoms with E-state index in [-0.39, 0.29) is 16.7 Å². The third kappa shape index (κ3) is 3.39. The van der Waals surface area contributed by atoms with E-state index in [0.29, 0.717) is 28.6 Å². The molecule has 2 aliphatic rings. The fourth-order valence-electron chi connectivity index (χ4n) is 3.52. The minimum atomic E-state index is -4.43. The van der Waals surface area contributed by atoms with Crippen LogP contribution < -0.4 is 5.32 Å². The van der Waals surface area contributed by atoms with E-state index in [0.717, 1.165) is 29.9 Å². The Kier molecular flexibility index (Phi) is 4.65. The number of thiazole rings is 1. The van der Waals surface area contributed by atoms with Crippen molar-refractivity contribution >= 4 is 40.0 Å². The maximum atomic E-state index is 12.9. The molecule has 2 saturated heterocycles. The van der Waals surface area contributed by atoms with Gasteiger partial charge in [-0.05, 0) is 25.5 Å². The fourth-order valence-corrected chi connectivity index (χ4v) is 5.68. The van der Waals surface area contributed by atoms with Crippen molar-refractivity contribution in [3.05, 3.63) is 35.2 Å². The molecule has 0 radical (unpaired) electrons. The highest BCUT2D eigenvalue weighted by Gasteiger charge is 2.52. The molecule has 5 nitrogen and oxygen atoms in total. The van der Waals surface area contributed by atoms with Gasteiger partial charge in [0.1, 0.15) is 6.04 Å². The van der Waals surface area contributed by atoms with Crippen molar-refractivity contribution in [2.45, 2.75) is 36.9 Å². The number of thioether (sulfide) groups is 1. The highest BCUT2D eigenvalue weighted by atomic mass is 32.2. The summed E-state index contributed by atoms with van der Waals surface area (Å²) in [5.74, 6) is 0.160. The number of anilines is 1. The Morgan fingerprint density at radius 1 is 1.39 bits per heavy atom. The summed E-state index contributed by atoms with van der Waals surface area (Å²) in [6.07, 6.45) is -3.28. The molecule has 28 heavy (non-hydrogen) atoms. The van der Waals surface area contributed by atoms with Crippen LogP contribution in [0.4, 0.5) is 18.3 Å². The Bertz CT molecular complexity index is 946. The Labute approximate surface area is 167 Å². The normalized spacial score (nSPS) is 24.5. The van der Waals surface area contributed by atoms with Gasteiger partial charge in [-0.3, -0.25) is 9.59 Å². The van der Waals surface area contributed by atoms with Crippen LogP contribution in [0.5, 0.6) is 0 Å². The lowest BCUT2D eigenvalue weighted by atomic mass is 10.1. The molecule has 0 unspecified atom stereocenters. The van der Waals surface area contributed by atoms with E-state index in [1.807, 2.05) is 6.92 Å². The van der Waals surface area contributed by atoms with Crippen LogP contribution in [0.1, 0.15) is 25.3 Å². The van der Waals surface area contributed by atoms with Crippen LogP contribution in [0.15, 0.2) is 29.6 Å². The number of rotatable bonds is 3. The largest absolute Gasteiger partial charge is 0.416 e. The minimum Gasteiger partial charge on any atom is -0.315 e. The van der Waals surface area contributed by atoms with E-state index in [9.17, 15) is 22.8 Å². The van der Waals surface area contributed by atoms with Crippen molar-refractivity contribution in [1.82, 2.24) is 9.88 Å². The molecule has 2 amide bonds. The maximum absolute atomic E-state index is 12.9. The van der Waals surface area contributed by atoms with E-state index < -0.39 is 17.8 Å². The van der Waals surface area contributed by atoms with Crippen molar-refractivity contribution in [2.24, 2.45) is 0 Å². The molecule has 2 aliphatic heterocycles. The van der Waals surface area contributed by atoms with Crippen LogP contribution in [-0.4, -0.2) is 38.4 Å². The summed E-state index contributed by atoms with van der Waals surface area (Å²) in [7, 11) is 0. The third-order valence-electron chi connectivity index (χ3n) is 4.97. The topological polar surface area (TPSA) is 62.3 Å². The van der Waals surface area contributed by atoms with Crippen LogP contribution >= 0.6 is 23.1 Å². The smallest absolute Gasteiger partial charge is 0.315 e. The first-order valence-electron chi connectivity index (χ1n) is 8.57. The van der Waals surface area contributed by atoms with E-state index in [1.165, 1.54) is 12.1 Å². The number of carbonyl (C=O) groups excluding carboxylic acids is 2.